The molecule has 1 saturated heterocycles. The Labute approximate surface area is 146 Å². The summed E-state index contributed by atoms with van der Waals surface area (Å²) >= 11 is 0. The molecule has 1 fully saturated rings. The summed E-state index contributed by atoms with van der Waals surface area (Å²) in [4.78, 5) is 29.1. The van der Waals surface area contributed by atoms with Crippen LogP contribution in [0, 0.1) is 6.92 Å². The number of hydrogen-bond acceptors (Lipinski definition) is 5. The topological polar surface area (TPSA) is 65.1 Å². The molecule has 0 unspecified atom stereocenters. The van der Waals surface area contributed by atoms with Crippen molar-refractivity contribution in [1.29, 1.82) is 0 Å². The molecular weight excluding hydrogens is 314 g/mol. The van der Waals surface area contributed by atoms with Gasteiger partial charge in [-0.15, -0.1) is 0 Å². The molecule has 3 heterocycles. The molecule has 6 heteroatoms. The number of nitrogens with one attached hydrogen (secondary N) is 1. The maximum Gasteiger partial charge on any atom is 0.179 e. The number of hydrogen-bond donors (Lipinski definition) is 1. The van der Waals surface area contributed by atoms with E-state index in [1.165, 1.54) is 0 Å². The van der Waals surface area contributed by atoms with Gasteiger partial charge in [0.25, 0.3) is 0 Å². The van der Waals surface area contributed by atoms with Crippen LogP contribution in [0.15, 0.2) is 42.9 Å². The fourth-order valence-electron chi connectivity index (χ4n) is 3.51. The number of aromatic amines is 1. The number of aryl methyl sites for hydroxylation is 1. The van der Waals surface area contributed by atoms with Gasteiger partial charge in [-0.1, -0.05) is 18.2 Å². The highest BCUT2D eigenvalue weighted by Gasteiger charge is 2.22. The van der Waals surface area contributed by atoms with Crippen LogP contribution in [0.5, 0.6) is 0 Å². The molecule has 0 spiro atoms. The number of rotatable bonds is 4. The summed E-state index contributed by atoms with van der Waals surface area (Å²) in [6.45, 7) is 5.85. The minimum Gasteiger partial charge on any atom is -0.358 e. The van der Waals surface area contributed by atoms with Crippen LogP contribution in [-0.2, 0) is 0 Å². The number of piperazine rings is 1. The molecular formula is C19H21N5O. The van der Waals surface area contributed by atoms with Crippen molar-refractivity contribution in [2.75, 3.05) is 37.6 Å². The first-order valence-electron chi connectivity index (χ1n) is 8.56. The zero-order chi connectivity index (χ0) is 17.2. The van der Waals surface area contributed by atoms with E-state index in [1.807, 2.05) is 31.2 Å². The van der Waals surface area contributed by atoms with Gasteiger partial charge in [-0.2, -0.15) is 0 Å². The van der Waals surface area contributed by atoms with Crippen molar-refractivity contribution in [2.45, 2.75) is 6.92 Å². The average Bonchev–Trinajstić information content (AvgIpc) is 2.99. The smallest absolute Gasteiger partial charge is 0.179 e. The van der Waals surface area contributed by atoms with E-state index in [0.717, 1.165) is 54.2 Å². The highest BCUT2D eigenvalue weighted by Crippen LogP contribution is 2.23. The van der Waals surface area contributed by atoms with Crippen molar-refractivity contribution >= 4 is 22.5 Å². The standard InChI is InChI=1S/C19H21N5O/c1-14-19(15-4-2-3-5-16(15)22-14)17(25)13-23-8-10-24(11-9-23)18-12-20-6-7-21-18/h2-7,12,22H,8-11,13H2,1H3. The molecule has 0 atom stereocenters. The van der Waals surface area contributed by atoms with Crippen LogP contribution in [0.4, 0.5) is 5.82 Å². The van der Waals surface area contributed by atoms with Gasteiger partial charge in [-0.05, 0) is 13.0 Å². The van der Waals surface area contributed by atoms with Gasteiger partial charge < -0.3 is 9.88 Å². The molecule has 4 rings (SSSR count). The normalized spacial score (nSPS) is 15.6. The minimum absolute atomic E-state index is 0.183. The molecule has 3 aromatic rings. The predicted octanol–water partition coefficient (Wildman–Crippen LogP) is 2.27. The molecule has 25 heavy (non-hydrogen) atoms. The third-order valence-corrected chi connectivity index (χ3v) is 4.79. The number of benzene rings is 1. The minimum atomic E-state index is 0.183. The average molecular weight is 335 g/mol. The van der Waals surface area contributed by atoms with E-state index in [0.29, 0.717) is 6.54 Å². The predicted molar refractivity (Wildman–Crippen MR) is 98.1 cm³/mol. The molecule has 1 aromatic carbocycles. The molecule has 0 radical (unpaired) electrons. The fraction of sp³-hybridized carbons (Fsp3) is 0.316. The molecule has 1 N–H and O–H groups in total. The largest absolute Gasteiger partial charge is 0.358 e. The van der Waals surface area contributed by atoms with E-state index in [4.69, 9.17) is 0 Å². The van der Waals surface area contributed by atoms with E-state index in [-0.39, 0.29) is 5.78 Å². The first-order chi connectivity index (χ1) is 12.2. The summed E-state index contributed by atoms with van der Waals surface area (Å²) in [6.07, 6.45) is 5.18. The lowest BCUT2D eigenvalue weighted by Gasteiger charge is -2.34. The summed E-state index contributed by atoms with van der Waals surface area (Å²) in [7, 11) is 0. The summed E-state index contributed by atoms with van der Waals surface area (Å²) in [5, 5.41) is 1.02. The summed E-state index contributed by atoms with van der Waals surface area (Å²) in [5.41, 5.74) is 2.80. The van der Waals surface area contributed by atoms with Crippen molar-refractivity contribution in [1.82, 2.24) is 19.9 Å². The van der Waals surface area contributed by atoms with E-state index in [1.54, 1.807) is 18.6 Å². The Morgan fingerprint density at radius 3 is 2.72 bits per heavy atom. The van der Waals surface area contributed by atoms with Crippen LogP contribution in [0.25, 0.3) is 10.9 Å². The van der Waals surface area contributed by atoms with Crippen molar-refractivity contribution in [3.8, 4) is 0 Å². The van der Waals surface area contributed by atoms with Crippen LogP contribution in [0.1, 0.15) is 16.1 Å². The van der Waals surface area contributed by atoms with Gasteiger partial charge in [0.1, 0.15) is 5.82 Å². The Balaban J connectivity index is 1.43. The summed E-state index contributed by atoms with van der Waals surface area (Å²) in [5.74, 6) is 1.09. The number of Topliss-reactive ketones (excluding diaryl/α,β-unsaturated/α-hetero) is 1. The van der Waals surface area contributed by atoms with Gasteiger partial charge in [0.05, 0.1) is 12.7 Å². The van der Waals surface area contributed by atoms with E-state index in [9.17, 15) is 4.79 Å². The van der Waals surface area contributed by atoms with Crippen molar-refractivity contribution in [2.24, 2.45) is 0 Å². The van der Waals surface area contributed by atoms with E-state index >= 15 is 0 Å². The Hall–Kier alpha value is -2.73. The molecule has 6 nitrogen and oxygen atoms in total. The van der Waals surface area contributed by atoms with Crippen molar-refractivity contribution in [3.05, 3.63) is 54.1 Å². The molecule has 128 valence electrons. The monoisotopic (exact) mass is 335 g/mol. The zero-order valence-electron chi connectivity index (χ0n) is 14.3. The van der Waals surface area contributed by atoms with Gasteiger partial charge in [-0.25, -0.2) is 4.98 Å². The van der Waals surface area contributed by atoms with E-state index < -0.39 is 0 Å². The van der Waals surface area contributed by atoms with Crippen LogP contribution in [0.3, 0.4) is 0 Å². The Kier molecular flexibility index (Phi) is 4.19. The van der Waals surface area contributed by atoms with Gasteiger partial charge in [0.15, 0.2) is 5.78 Å². The van der Waals surface area contributed by atoms with Gasteiger partial charge in [0, 0.05) is 60.7 Å². The molecule has 1 aliphatic heterocycles. The lowest BCUT2D eigenvalue weighted by Crippen LogP contribution is -2.48. The second-order valence-electron chi connectivity index (χ2n) is 6.42. The Morgan fingerprint density at radius 2 is 1.96 bits per heavy atom. The van der Waals surface area contributed by atoms with Crippen molar-refractivity contribution < 1.29 is 4.79 Å². The number of ketones is 1. The number of para-hydroxylation sites is 1. The molecule has 0 saturated carbocycles. The lowest BCUT2D eigenvalue weighted by atomic mass is 10.1. The number of carbonyl (C=O) groups is 1. The van der Waals surface area contributed by atoms with E-state index in [2.05, 4.69) is 24.8 Å². The van der Waals surface area contributed by atoms with Gasteiger partial charge in [-0.3, -0.25) is 14.7 Å². The van der Waals surface area contributed by atoms with Gasteiger partial charge in [0.2, 0.25) is 0 Å². The quantitative estimate of drug-likeness (QED) is 0.741. The first-order valence-corrected chi connectivity index (χ1v) is 8.56. The number of H-pyrrole nitrogens is 1. The molecule has 0 amide bonds. The second kappa shape index (κ2) is 6.64. The van der Waals surface area contributed by atoms with Gasteiger partial charge >= 0.3 is 0 Å². The molecule has 1 aliphatic rings. The molecule has 0 aliphatic carbocycles. The summed E-state index contributed by atoms with van der Waals surface area (Å²) < 4.78 is 0. The number of fused-ring (bicyclic) bond motifs is 1. The Morgan fingerprint density at radius 1 is 1.16 bits per heavy atom. The van der Waals surface area contributed by atoms with Crippen LogP contribution in [0.2, 0.25) is 0 Å². The highest BCUT2D eigenvalue weighted by molar-refractivity contribution is 6.10. The number of anilines is 1. The number of carbonyl (C=O) groups excluding carboxylic acids is 1. The second-order valence-corrected chi connectivity index (χ2v) is 6.42. The SMILES string of the molecule is Cc1[nH]c2ccccc2c1C(=O)CN1CCN(c2cnccn2)CC1. The Bertz CT molecular complexity index is 881. The maximum absolute atomic E-state index is 12.9. The maximum atomic E-state index is 12.9. The van der Waals surface area contributed by atoms with Crippen LogP contribution < -0.4 is 4.90 Å². The molecule has 2 aromatic heterocycles. The van der Waals surface area contributed by atoms with Crippen molar-refractivity contribution in [3.63, 3.8) is 0 Å². The lowest BCUT2D eigenvalue weighted by molar-refractivity contribution is 0.0927. The third-order valence-electron chi connectivity index (χ3n) is 4.79. The third kappa shape index (κ3) is 3.13. The highest BCUT2D eigenvalue weighted by atomic mass is 16.1. The number of aromatic nitrogens is 3. The first kappa shape index (κ1) is 15.8. The number of nitrogens with zero attached hydrogens (tertiary/aromatic N) is 4. The molecule has 0 bridgehead atoms. The van der Waals surface area contributed by atoms with Crippen LogP contribution >= 0.6 is 0 Å². The summed E-state index contributed by atoms with van der Waals surface area (Å²) in [6, 6.07) is 7.99. The fourth-order valence-corrected chi connectivity index (χ4v) is 3.51. The zero-order valence-corrected chi connectivity index (χ0v) is 14.3. The van der Waals surface area contributed by atoms with Crippen LogP contribution in [-0.4, -0.2) is 58.4 Å².